The first kappa shape index (κ1) is 23.7. The molecule has 1 aromatic rings. The molecule has 174 valence electrons. The maximum atomic E-state index is 14.3. The number of benzene rings is 1. The SMILES string of the molecule is COC(=O)C1=C(OC)CC(C(=O)NC2(c3ccc(F)cc3F)CC2)=CN1CC(OC)OC. The number of amides is 1. The summed E-state index contributed by atoms with van der Waals surface area (Å²) >= 11 is 0. The van der Waals surface area contributed by atoms with Gasteiger partial charge in [0.1, 0.15) is 17.4 Å². The number of carbonyl (C=O) groups excluding carboxylic acids is 2. The highest BCUT2D eigenvalue weighted by Crippen LogP contribution is 2.47. The Morgan fingerprint density at radius 1 is 1.16 bits per heavy atom. The standard InChI is InChI=1S/C22H26F2N2O6/c1-29-17-9-13(11-26(12-18(30-2)31-3)19(17)21(28)32-4)20(27)25-22(7-8-22)15-6-5-14(23)10-16(15)24/h5-6,10-11,18H,7-9,12H2,1-4H3,(H,25,27). The van der Waals surface area contributed by atoms with E-state index in [1.807, 2.05) is 0 Å². The monoisotopic (exact) mass is 452 g/mol. The normalized spacial score (nSPS) is 17.2. The molecule has 0 saturated heterocycles. The molecule has 1 N–H and O–H groups in total. The number of nitrogens with zero attached hydrogens (tertiary/aromatic N) is 1. The van der Waals surface area contributed by atoms with Crippen molar-refractivity contribution in [2.45, 2.75) is 31.1 Å². The van der Waals surface area contributed by atoms with Gasteiger partial charge >= 0.3 is 5.97 Å². The Morgan fingerprint density at radius 3 is 2.38 bits per heavy atom. The maximum absolute atomic E-state index is 14.3. The predicted molar refractivity (Wildman–Crippen MR) is 109 cm³/mol. The van der Waals surface area contributed by atoms with Gasteiger partial charge in [0.05, 0.1) is 26.3 Å². The number of allylic oxidation sites excluding steroid dienone is 1. The zero-order chi connectivity index (χ0) is 23.5. The highest BCUT2D eigenvalue weighted by atomic mass is 19.1. The van der Waals surface area contributed by atoms with Crippen LogP contribution in [0.2, 0.25) is 0 Å². The van der Waals surface area contributed by atoms with E-state index in [1.54, 1.807) is 0 Å². The molecule has 0 radical (unpaired) electrons. The van der Waals surface area contributed by atoms with Gasteiger partial charge in [0.15, 0.2) is 12.0 Å². The Bertz CT molecular complexity index is 954. The third-order valence-electron chi connectivity index (χ3n) is 5.55. The number of halogens is 2. The molecule has 1 heterocycles. The van der Waals surface area contributed by atoms with Crippen molar-refractivity contribution in [1.82, 2.24) is 10.2 Å². The summed E-state index contributed by atoms with van der Waals surface area (Å²) in [5.74, 6) is -2.27. The Balaban J connectivity index is 1.88. The Labute approximate surface area is 184 Å². The molecule has 3 rings (SSSR count). The molecule has 1 fully saturated rings. The van der Waals surface area contributed by atoms with Gasteiger partial charge in [0.25, 0.3) is 0 Å². The van der Waals surface area contributed by atoms with Crippen molar-refractivity contribution >= 4 is 11.9 Å². The molecule has 0 spiro atoms. The van der Waals surface area contributed by atoms with Crippen LogP contribution in [-0.2, 0) is 34.1 Å². The third kappa shape index (κ3) is 4.76. The molecule has 0 atom stereocenters. The van der Waals surface area contributed by atoms with Crippen LogP contribution in [0.15, 0.2) is 41.4 Å². The first-order valence-electron chi connectivity index (χ1n) is 9.95. The van der Waals surface area contributed by atoms with Crippen molar-refractivity contribution in [3.05, 3.63) is 58.6 Å². The van der Waals surface area contributed by atoms with Crippen molar-refractivity contribution in [3.63, 3.8) is 0 Å². The quantitative estimate of drug-likeness (QED) is 0.455. The number of hydrogen-bond acceptors (Lipinski definition) is 7. The summed E-state index contributed by atoms with van der Waals surface area (Å²) < 4.78 is 48.3. The largest absolute Gasteiger partial charge is 0.498 e. The van der Waals surface area contributed by atoms with E-state index in [0.717, 1.165) is 12.1 Å². The molecule has 8 nitrogen and oxygen atoms in total. The molecule has 32 heavy (non-hydrogen) atoms. The summed E-state index contributed by atoms with van der Waals surface area (Å²) in [6.07, 6.45) is 1.86. The molecule has 1 saturated carbocycles. The van der Waals surface area contributed by atoms with Gasteiger partial charge in [0, 0.05) is 44.0 Å². The molecule has 0 unspecified atom stereocenters. The fourth-order valence-corrected chi connectivity index (χ4v) is 3.66. The lowest BCUT2D eigenvalue weighted by Gasteiger charge is -2.31. The van der Waals surface area contributed by atoms with Crippen LogP contribution in [0.25, 0.3) is 0 Å². The van der Waals surface area contributed by atoms with Crippen molar-refractivity contribution in [2.24, 2.45) is 0 Å². The van der Waals surface area contributed by atoms with Crippen LogP contribution in [-0.4, -0.2) is 58.1 Å². The second kappa shape index (κ2) is 9.66. The first-order chi connectivity index (χ1) is 15.3. The van der Waals surface area contributed by atoms with Crippen LogP contribution >= 0.6 is 0 Å². The van der Waals surface area contributed by atoms with Crippen molar-refractivity contribution in [3.8, 4) is 0 Å². The number of esters is 1. The highest BCUT2D eigenvalue weighted by molar-refractivity contribution is 5.96. The van der Waals surface area contributed by atoms with E-state index >= 15 is 0 Å². The highest BCUT2D eigenvalue weighted by Gasteiger charge is 2.48. The van der Waals surface area contributed by atoms with E-state index in [2.05, 4.69) is 5.32 Å². The van der Waals surface area contributed by atoms with Crippen molar-refractivity contribution in [1.29, 1.82) is 0 Å². The summed E-state index contributed by atoms with van der Waals surface area (Å²) in [5.41, 5.74) is -0.260. The van der Waals surface area contributed by atoms with Gasteiger partial charge in [-0.2, -0.15) is 0 Å². The van der Waals surface area contributed by atoms with Gasteiger partial charge in [-0.25, -0.2) is 13.6 Å². The van der Waals surface area contributed by atoms with E-state index in [1.165, 1.54) is 45.6 Å². The lowest BCUT2D eigenvalue weighted by Crippen LogP contribution is -2.40. The van der Waals surface area contributed by atoms with E-state index in [-0.39, 0.29) is 35.6 Å². The van der Waals surface area contributed by atoms with E-state index in [0.29, 0.717) is 12.8 Å². The fourth-order valence-electron chi connectivity index (χ4n) is 3.66. The van der Waals surface area contributed by atoms with Gasteiger partial charge in [-0.3, -0.25) is 4.79 Å². The van der Waals surface area contributed by atoms with Gasteiger partial charge in [0.2, 0.25) is 5.91 Å². The molecule has 2 aliphatic rings. The molecular formula is C22H26F2N2O6. The molecule has 1 aliphatic carbocycles. The number of ether oxygens (including phenoxy) is 4. The van der Waals surface area contributed by atoms with Crippen LogP contribution in [0.3, 0.4) is 0 Å². The number of methoxy groups -OCH3 is 4. The van der Waals surface area contributed by atoms with Gasteiger partial charge in [-0.15, -0.1) is 0 Å². The number of nitrogens with one attached hydrogen (secondary N) is 1. The van der Waals surface area contributed by atoms with Crippen LogP contribution in [0.5, 0.6) is 0 Å². The summed E-state index contributed by atoms with van der Waals surface area (Å²) in [4.78, 5) is 27.0. The van der Waals surface area contributed by atoms with Crippen LogP contribution < -0.4 is 5.32 Å². The lowest BCUT2D eigenvalue weighted by atomic mass is 10.0. The minimum absolute atomic E-state index is 0.0237. The second-order valence-corrected chi connectivity index (χ2v) is 7.51. The predicted octanol–water partition coefficient (Wildman–Crippen LogP) is 2.31. The zero-order valence-corrected chi connectivity index (χ0v) is 18.4. The molecular weight excluding hydrogens is 426 g/mol. The molecule has 10 heteroatoms. The summed E-state index contributed by atoms with van der Waals surface area (Å²) in [7, 11) is 5.52. The topological polar surface area (TPSA) is 86.3 Å². The number of carbonyl (C=O) groups is 2. The minimum atomic E-state index is -0.901. The Morgan fingerprint density at radius 2 is 1.84 bits per heavy atom. The lowest BCUT2D eigenvalue weighted by molar-refractivity contribution is -0.140. The Kier molecular flexibility index (Phi) is 7.15. The number of hydrogen-bond donors (Lipinski definition) is 1. The first-order valence-corrected chi connectivity index (χ1v) is 9.95. The summed E-state index contributed by atoms with van der Waals surface area (Å²) in [6, 6.07) is 3.31. The molecule has 1 aliphatic heterocycles. The smallest absolute Gasteiger partial charge is 0.358 e. The summed E-state index contributed by atoms with van der Waals surface area (Å²) in [5, 5.41) is 2.87. The van der Waals surface area contributed by atoms with Gasteiger partial charge in [-0.05, 0) is 18.9 Å². The van der Waals surface area contributed by atoms with Gasteiger partial charge < -0.3 is 29.2 Å². The van der Waals surface area contributed by atoms with E-state index in [4.69, 9.17) is 18.9 Å². The van der Waals surface area contributed by atoms with Gasteiger partial charge in [-0.1, -0.05) is 6.07 Å². The van der Waals surface area contributed by atoms with Crippen LogP contribution in [0.4, 0.5) is 8.78 Å². The van der Waals surface area contributed by atoms with Crippen molar-refractivity contribution < 1.29 is 37.3 Å². The molecule has 0 bridgehead atoms. The Hall–Kier alpha value is -2.98. The van der Waals surface area contributed by atoms with E-state index < -0.39 is 35.3 Å². The van der Waals surface area contributed by atoms with Crippen molar-refractivity contribution in [2.75, 3.05) is 35.0 Å². The second-order valence-electron chi connectivity index (χ2n) is 7.51. The fraction of sp³-hybridized carbons (Fsp3) is 0.455. The maximum Gasteiger partial charge on any atom is 0.358 e. The third-order valence-corrected chi connectivity index (χ3v) is 5.55. The zero-order valence-electron chi connectivity index (χ0n) is 18.4. The van der Waals surface area contributed by atoms with Crippen LogP contribution in [0.1, 0.15) is 24.8 Å². The summed E-state index contributed by atoms with van der Waals surface area (Å²) in [6.45, 7) is 0.0821. The molecule has 1 aromatic carbocycles. The van der Waals surface area contributed by atoms with E-state index in [9.17, 15) is 18.4 Å². The molecule has 1 amide bonds. The van der Waals surface area contributed by atoms with Crippen LogP contribution in [0, 0.1) is 11.6 Å². The number of rotatable bonds is 9. The minimum Gasteiger partial charge on any atom is -0.498 e. The average molecular weight is 452 g/mol. The molecule has 0 aromatic heterocycles. The average Bonchev–Trinajstić information content (AvgIpc) is 3.56.